The average Bonchev–Trinajstić information content (AvgIpc) is 3.09. The highest BCUT2D eigenvalue weighted by molar-refractivity contribution is 7.99. The topological polar surface area (TPSA) is 66.2 Å². The molecule has 0 amide bonds. The Kier molecular flexibility index (Phi) is 6.27. The summed E-state index contributed by atoms with van der Waals surface area (Å²) < 4.78 is 12.6. The van der Waals surface area contributed by atoms with Gasteiger partial charge in [0.2, 0.25) is 0 Å². The summed E-state index contributed by atoms with van der Waals surface area (Å²) in [6, 6.07) is 15.8. The minimum Gasteiger partial charge on any atom is -0.497 e. The van der Waals surface area contributed by atoms with Crippen LogP contribution in [0.25, 0.3) is 17.1 Å². The first-order valence-corrected chi connectivity index (χ1v) is 10.3. The van der Waals surface area contributed by atoms with Crippen LogP contribution < -0.4 is 4.74 Å². The minimum atomic E-state index is -0.517. The molecule has 152 valence electrons. The molecule has 0 unspecified atom stereocenters. The molecule has 0 saturated heterocycles. The number of hydrogen-bond acceptors (Lipinski definition) is 6. The molecular formula is C22H25N3O3S. The Morgan fingerprint density at radius 3 is 2.28 bits per heavy atom. The Morgan fingerprint density at radius 1 is 1.03 bits per heavy atom. The number of carbonyl (C=O) groups is 1. The fraction of sp³-hybridized carbons (Fsp3) is 0.318. The van der Waals surface area contributed by atoms with E-state index in [2.05, 4.69) is 10.2 Å². The lowest BCUT2D eigenvalue weighted by Gasteiger charge is -2.19. The number of aryl methyl sites for hydroxylation is 1. The lowest BCUT2D eigenvalue weighted by Crippen LogP contribution is -2.25. The van der Waals surface area contributed by atoms with E-state index in [0.29, 0.717) is 11.0 Å². The summed E-state index contributed by atoms with van der Waals surface area (Å²) in [7, 11) is 1.63. The predicted octanol–water partition coefficient (Wildman–Crippen LogP) is 4.69. The maximum atomic E-state index is 12.2. The van der Waals surface area contributed by atoms with E-state index in [0.717, 1.165) is 22.6 Å². The van der Waals surface area contributed by atoms with Gasteiger partial charge in [0.25, 0.3) is 0 Å². The van der Waals surface area contributed by atoms with Crippen molar-refractivity contribution in [1.29, 1.82) is 0 Å². The molecule has 0 atom stereocenters. The molecular weight excluding hydrogens is 386 g/mol. The zero-order chi connectivity index (χ0) is 21.0. The van der Waals surface area contributed by atoms with Crippen molar-refractivity contribution in [2.24, 2.45) is 0 Å². The summed E-state index contributed by atoms with van der Waals surface area (Å²) in [6.07, 6.45) is 0. The van der Waals surface area contributed by atoms with Crippen LogP contribution in [-0.2, 0) is 9.53 Å². The van der Waals surface area contributed by atoms with Crippen LogP contribution in [0.2, 0.25) is 0 Å². The van der Waals surface area contributed by atoms with Crippen LogP contribution in [-0.4, -0.2) is 39.2 Å². The van der Waals surface area contributed by atoms with E-state index in [1.807, 2.05) is 80.8 Å². The van der Waals surface area contributed by atoms with E-state index in [4.69, 9.17) is 9.47 Å². The van der Waals surface area contributed by atoms with Crippen LogP contribution in [0.1, 0.15) is 26.3 Å². The van der Waals surface area contributed by atoms with Crippen molar-refractivity contribution in [2.45, 2.75) is 38.5 Å². The summed E-state index contributed by atoms with van der Waals surface area (Å²) in [5.74, 6) is 1.34. The standard InChI is InChI=1S/C22H25N3O3S/c1-15-6-10-17(11-7-15)25-20(16-8-12-18(27-5)13-9-16)23-24-21(25)29-14-19(26)28-22(2,3)4/h6-13H,14H2,1-5H3. The highest BCUT2D eigenvalue weighted by Crippen LogP contribution is 2.29. The van der Waals surface area contributed by atoms with Crippen LogP contribution >= 0.6 is 11.8 Å². The Labute approximate surface area is 175 Å². The zero-order valence-electron chi connectivity index (χ0n) is 17.3. The molecule has 0 aliphatic rings. The number of esters is 1. The van der Waals surface area contributed by atoms with Crippen LogP contribution in [0.15, 0.2) is 53.7 Å². The van der Waals surface area contributed by atoms with Crippen molar-refractivity contribution in [3.8, 4) is 22.8 Å². The molecule has 0 radical (unpaired) electrons. The largest absolute Gasteiger partial charge is 0.497 e. The molecule has 1 heterocycles. The van der Waals surface area contributed by atoms with Crippen LogP contribution in [0, 0.1) is 6.92 Å². The molecule has 3 aromatic rings. The monoisotopic (exact) mass is 411 g/mol. The van der Waals surface area contributed by atoms with Gasteiger partial charge in [0, 0.05) is 11.3 Å². The Balaban J connectivity index is 1.94. The Bertz CT molecular complexity index is 974. The molecule has 2 aromatic carbocycles. The molecule has 29 heavy (non-hydrogen) atoms. The molecule has 1 aromatic heterocycles. The van der Waals surface area contributed by atoms with Gasteiger partial charge in [-0.25, -0.2) is 0 Å². The fourth-order valence-corrected chi connectivity index (χ4v) is 3.44. The van der Waals surface area contributed by atoms with E-state index < -0.39 is 5.60 Å². The number of benzene rings is 2. The zero-order valence-corrected chi connectivity index (χ0v) is 18.1. The molecule has 0 N–H and O–H groups in total. The van der Waals surface area contributed by atoms with Crippen LogP contribution in [0.5, 0.6) is 5.75 Å². The molecule has 7 heteroatoms. The molecule has 0 saturated carbocycles. The van der Waals surface area contributed by atoms with E-state index in [-0.39, 0.29) is 11.7 Å². The summed E-state index contributed by atoms with van der Waals surface area (Å²) in [5.41, 5.74) is 2.48. The first-order valence-electron chi connectivity index (χ1n) is 9.28. The third-order valence-electron chi connectivity index (χ3n) is 4.01. The number of carbonyl (C=O) groups excluding carboxylic acids is 1. The SMILES string of the molecule is COc1ccc(-c2nnc(SCC(=O)OC(C)(C)C)n2-c2ccc(C)cc2)cc1. The third kappa shape index (κ3) is 5.38. The maximum absolute atomic E-state index is 12.2. The third-order valence-corrected chi connectivity index (χ3v) is 4.92. The van der Waals surface area contributed by atoms with Crippen molar-refractivity contribution in [1.82, 2.24) is 14.8 Å². The number of rotatable bonds is 6. The highest BCUT2D eigenvalue weighted by atomic mass is 32.2. The Morgan fingerprint density at radius 2 is 1.69 bits per heavy atom. The van der Waals surface area contributed by atoms with E-state index in [9.17, 15) is 4.79 Å². The van der Waals surface area contributed by atoms with Crippen molar-refractivity contribution in [3.63, 3.8) is 0 Å². The first-order chi connectivity index (χ1) is 13.8. The number of aromatic nitrogens is 3. The normalized spacial score (nSPS) is 11.3. The average molecular weight is 412 g/mol. The van der Waals surface area contributed by atoms with Crippen LogP contribution in [0.4, 0.5) is 0 Å². The Hall–Kier alpha value is -2.80. The van der Waals surface area contributed by atoms with Gasteiger partial charge in [-0.1, -0.05) is 29.5 Å². The van der Waals surface area contributed by atoms with E-state index in [1.165, 1.54) is 11.8 Å². The molecule has 0 spiro atoms. The van der Waals surface area contributed by atoms with Gasteiger partial charge in [0.05, 0.1) is 12.9 Å². The van der Waals surface area contributed by atoms with Gasteiger partial charge in [-0.3, -0.25) is 9.36 Å². The first kappa shape index (κ1) is 20.9. The van der Waals surface area contributed by atoms with Crippen molar-refractivity contribution < 1.29 is 14.3 Å². The van der Waals surface area contributed by atoms with Gasteiger partial charge in [-0.15, -0.1) is 10.2 Å². The number of hydrogen-bond donors (Lipinski definition) is 0. The second-order valence-electron chi connectivity index (χ2n) is 7.58. The van der Waals surface area contributed by atoms with Crippen molar-refractivity contribution in [2.75, 3.05) is 12.9 Å². The molecule has 0 fully saturated rings. The van der Waals surface area contributed by atoms with Gasteiger partial charge in [0.1, 0.15) is 11.4 Å². The minimum absolute atomic E-state index is 0.157. The smallest absolute Gasteiger partial charge is 0.316 e. The summed E-state index contributed by atoms with van der Waals surface area (Å²) in [5, 5.41) is 9.36. The molecule has 6 nitrogen and oxygen atoms in total. The maximum Gasteiger partial charge on any atom is 0.316 e. The lowest BCUT2D eigenvalue weighted by atomic mass is 10.2. The van der Waals surface area contributed by atoms with Gasteiger partial charge in [-0.2, -0.15) is 0 Å². The van der Waals surface area contributed by atoms with Gasteiger partial charge >= 0.3 is 5.97 Å². The van der Waals surface area contributed by atoms with Gasteiger partial charge in [-0.05, 0) is 64.1 Å². The molecule has 0 aliphatic carbocycles. The van der Waals surface area contributed by atoms with Gasteiger partial charge < -0.3 is 9.47 Å². The molecule has 3 rings (SSSR count). The summed E-state index contributed by atoms with van der Waals surface area (Å²) in [4.78, 5) is 12.2. The fourth-order valence-electron chi connectivity index (χ4n) is 2.71. The quantitative estimate of drug-likeness (QED) is 0.433. The van der Waals surface area contributed by atoms with E-state index >= 15 is 0 Å². The number of ether oxygens (including phenoxy) is 2. The van der Waals surface area contributed by atoms with Crippen molar-refractivity contribution in [3.05, 3.63) is 54.1 Å². The lowest BCUT2D eigenvalue weighted by molar-refractivity contribution is -0.151. The van der Waals surface area contributed by atoms with E-state index in [1.54, 1.807) is 7.11 Å². The predicted molar refractivity (Wildman–Crippen MR) is 115 cm³/mol. The summed E-state index contributed by atoms with van der Waals surface area (Å²) >= 11 is 1.31. The number of nitrogens with zero attached hydrogens (tertiary/aromatic N) is 3. The molecule has 0 bridgehead atoms. The second-order valence-corrected chi connectivity index (χ2v) is 8.52. The highest BCUT2D eigenvalue weighted by Gasteiger charge is 2.20. The number of methoxy groups -OCH3 is 1. The summed E-state index contributed by atoms with van der Waals surface area (Å²) in [6.45, 7) is 7.60. The molecule has 0 aliphatic heterocycles. The van der Waals surface area contributed by atoms with Crippen LogP contribution in [0.3, 0.4) is 0 Å². The number of thioether (sulfide) groups is 1. The second kappa shape index (κ2) is 8.69. The van der Waals surface area contributed by atoms with Gasteiger partial charge in [0.15, 0.2) is 11.0 Å². The van der Waals surface area contributed by atoms with Crippen molar-refractivity contribution >= 4 is 17.7 Å².